The molecule has 1 aliphatic carbocycles. The maximum atomic E-state index is 12.9. The van der Waals surface area contributed by atoms with Crippen LogP contribution in [-0.4, -0.2) is 18.7 Å². The minimum atomic E-state index is -5.00. The number of benzene rings is 1. The van der Waals surface area contributed by atoms with Crippen LogP contribution in [0, 0.1) is 0 Å². The van der Waals surface area contributed by atoms with Gasteiger partial charge in [0.2, 0.25) is 0 Å². The SMILES string of the molecule is CC(C)(C)OC(=O)NCc1ccc([B-](F)(F)F)cc1C1CC1. The highest BCUT2D eigenvalue weighted by atomic mass is 19.4. The fraction of sp³-hybridized carbons (Fsp3) is 0.533. The summed E-state index contributed by atoms with van der Waals surface area (Å²) >= 11 is 0. The van der Waals surface area contributed by atoms with Gasteiger partial charge in [-0.1, -0.05) is 18.2 Å². The van der Waals surface area contributed by atoms with Gasteiger partial charge in [-0.25, -0.2) is 4.79 Å². The van der Waals surface area contributed by atoms with Crippen molar-refractivity contribution in [3.63, 3.8) is 0 Å². The summed E-state index contributed by atoms with van der Waals surface area (Å²) in [5, 5.41) is 2.60. The molecule has 2 rings (SSSR count). The maximum absolute atomic E-state index is 12.9. The fourth-order valence-corrected chi connectivity index (χ4v) is 2.23. The highest BCUT2D eigenvalue weighted by Crippen LogP contribution is 2.41. The highest BCUT2D eigenvalue weighted by Gasteiger charge is 2.30. The molecule has 22 heavy (non-hydrogen) atoms. The Morgan fingerprint density at radius 1 is 1.32 bits per heavy atom. The third-order valence-corrected chi connectivity index (χ3v) is 3.39. The minimum absolute atomic E-state index is 0.173. The zero-order valence-electron chi connectivity index (χ0n) is 13.0. The van der Waals surface area contributed by atoms with Gasteiger partial charge in [-0.3, -0.25) is 0 Å². The zero-order valence-corrected chi connectivity index (χ0v) is 13.0. The molecule has 0 spiro atoms. The summed E-state index contributed by atoms with van der Waals surface area (Å²) in [7, 11) is 0. The Morgan fingerprint density at radius 3 is 2.45 bits per heavy atom. The van der Waals surface area contributed by atoms with Crippen LogP contribution < -0.4 is 10.8 Å². The molecule has 0 unspecified atom stereocenters. The molecule has 0 bridgehead atoms. The van der Waals surface area contributed by atoms with Crippen molar-refractivity contribution in [2.45, 2.75) is 51.7 Å². The van der Waals surface area contributed by atoms with Crippen LogP contribution in [-0.2, 0) is 11.3 Å². The van der Waals surface area contributed by atoms with E-state index in [0.29, 0.717) is 5.56 Å². The second-order valence-electron chi connectivity index (χ2n) is 6.66. The molecular formula is C15H20BF3NO2-. The smallest absolute Gasteiger partial charge is 0.445 e. The van der Waals surface area contributed by atoms with Crippen LogP contribution >= 0.6 is 0 Å². The lowest BCUT2D eigenvalue weighted by atomic mass is 9.78. The minimum Gasteiger partial charge on any atom is -0.445 e. The van der Waals surface area contributed by atoms with Crippen molar-refractivity contribution in [1.29, 1.82) is 0 Å². The monoisotopic (exact) mass is 314 g/mol. The van der Waals surface area contributed by atoms with E-state index in [4.69, 9.17) is 4.74 Å². The van der Waals surface area contributed by atoms with Crippen LogP contribution in [0.1, 0.15) is 50.7 Å². The first-order chi connectivity index (χ1) is 10.1. The summed E-state index contributed by atoms with van der Waals surface area (Å²) in [5.74, 6) is 0.175. The van der Waals surface area contributed by atoms with Gasteiger partial charge in [-0.2, -0.15) is 0 Å². The molecule has 1 N–H and O–H groups in total. The number of amides is 1. The number of ether oxygens (including phenoxy) is 1. The molecule has 1 aromatic rings. The second kappa shape index (κ2) is 5.86. The average molecular weight is 314 g/mol. The molecular weight excluding hydrogens is 294 g/mol. The molecule has 0 heterocycles. The Bertz CT molecular complexity index is 563. The Balaban J connectivity index is 2.09. The number of rotatable bonds is 4. The molecule has 0 saturated heterocycles. The number of hydrogen-bond donors (Lipinski definition) is 1. The van der Waals surface area contributed by atoms with Crippen molar-refractivity contribution in [2.75, 3.05) is 0 Å². The molecule has 0 radical (unpaired) electrons. The number of carbonyl (C=O) groups excluding carboxylic acids is 1. The molecule has 0 atom stereocenters. The topological polar surface area (TPSA) is 38.3 Å². The predicted octanol–water partition coefficient (Wildman–Crippen LogP) is 3.64. The molecule has 0 aromatic heterocycles. The van der Waals surface area contributed by atoms with Crippen molar-refractivity contribution < 1.29 is 22.5 Å². The Labute approximate surface area is 128 Å². The third kappa shape index (κ3) is 4.68. The van der Waals surface area contributed by atoms with E-state index in [0.717, 1.165) is 24.5 Å². The highest BCUT2D eigenvalue weighted by molar-refractivity contribution is 6.73. The molecule has 1 fully saturated rings. The molecule has 1 amide bonds. The van der Waals surface area contributed by atoms with Crippen molar-refractivity contribution in [1.82, 2.24) is 5.32 Å². The van der Waals surface area contributed by atoms with Crippen molar-refractivity contribution in [3.8, 4) is 0 Å². The molecule has 7 heteroatoms. The number of alkyl carbamates (subject to hydrolysis) is 1. The Hall–Kier alpha value is -1.66. The first kappa shape index (κ1) is 16.7. The largest absolute Gasteiger partial charge is 0.509 e. The van der Waals surface area contributed by atoms with E-state index in [2.05, 4.69) is 5.32 Å². The summed E-state index contributed by atoms with van der Waals surface area (Å²) in [5.41, 5.74) is 0.222. The van der Waals surface area contributed by atoms with Gasteiger partial charge < -0.3 is 23.0 Å². The van der Waals surface area contributed by atoms with E-state index in [1.807, 2.05) is 0 Å². The molecule has 1 aromatic carbocycles. The lowest BCUT2D eigenvalue weighted by Gasteiger charge is -2.21. The van der Waals surface area contributed by atoms with Crippen LogP contribution in [0.25, 0.3) is 0 Å². The zero-order chi connectivity index (χ0) is 16.5. The van der Waals surface area contributed by atoms with Gasteiger partial charge in [0.1, 0.15) is 5.60 Å². The summed E-state index contributed by atoms with van der Waals surface area (Å²) in [6, 6.07) is 3.76. The van der Waals surface area contributed by atoms with E-state index in [1.54, 1.807) is 20.8 Å². The van der Waals surface area contributed by atoms with Crippen LogP contribution in [0.3, 0.4) is 0 Å². The lowest BCUT2D eigenvalue weighted by molar-refractivity contribution is 0.0523. The van der Waals surface area contributed by atoms with E-state index in [-0.39, 0.29) is 12.5 Å². The van der Waals surface area contributed by atoms with Crippen molar-refractivity contribution in [3.05, 3.63) is 29.3 Å². The number of carbonyl (C=O) groups is 1. The molecule has 3 nitrogen and oxygen atoms in total. The molecule has 122 valence electrons. The van der Waals surface area contributed by atoms with Crippen molar-refractivity contribution in [2.24, 2.45) is 0 Å². The Kier molecular flexibility index (Phi) is 4.45. The summed E-state index contributed by atoms with van der Waals surface area (Å²) < 4.78 is 43.7. The first-order valence-corrected chi connectivity index (χ1v) is 7.36. The fourth-order valence-electron chi connectivity index (χ4n) is 2.23. The third-order valence-electron chi connectivity index (χ3n) is 3.39. The van der Waals surface area contributed by atoms with Crippen LogP contribution in [0.15, 0.2) is 18.2 Å². The predicted molar refractivity (Wildman–Crippen MR) is 80.2 cm³/mol. The summed E-state index contributed by atoms with van der Waals surface area (Å²) in [6.45, 7) is 0.432. The second-order valence-corrected chi connectivity index (χ2v) is 6.66. The maximum Gasteiger partial charge on any atom is 0.509 e. The Morgan fingerprint density at radius 2 is 1.95 bits per heavy atom. The molecule has 1 saturated carbocycles. The van der Waals surface area contributed by atoms with Crippen molar-refractivity contribution >= 4 is 18.5 Å². The van der Waals surface area contributed by atoms with Gasteiger partial charge in [-0.15, -0.1) is 5.46 Å². The van der Waals surface area contributed by atoms with E-state index < -0.39 is 24.1 Å². The molecule has 0 aliphatic heterocycles. The van der Waals surface area contributed by atoms with Crippen LogP contribution in [0.4, 0.5) is 17.7 Å². The summed E-state index contributed by atoms with van der Waals surface area (Å²) in [6.07, 6.45) is 1.22. The van der Waals surface area contributed by atoms with Gasteiger partial charge in [0.15, 0.2) is 0 Å². The van der Waals surface area contributed by atoms with Gasteiger partial charge in [0, 0.05) is 6.54 Å². The normalized spacial score (nSPS) is 15.5. The quantitative estimate of drug-likeness (QED) is 0.862. The average Bonchev–Trinajstić information content (AvgIpc) is 3.17. The lowest BCUT2D eigenvalue weighted by Crippen LogP contribution is -2.35. The van der Waals surface area contributed by atoms with Gasteiger partial charge in [0.25, 0.3) is 0 Å². The van der Waals surface area contributed by atoms with Gasteiger partial charge in [-0.05, 0) is 50.7 Å². The molecule has 1 aliphatic rings. The van der Waals surface area contributed by atoms with Gasteiger partial charge in [0.05, 0.1) is 0 Å². The van der Waals surface area contributed by atoms with Crippen LogP contribution in [0.2, 0.25) is 0 Å². The van der Waals surface area contributed by atoms with Gasteiger partial charge >= 0.3 is 13.1 Å². The number of hydrogen-bond acceptors (Lipinski definition) is 2. The summed E-state index contributed by atoms with van der Waals surface area (Å²) in [4.78, 5) is 11.6. The van der Waals surface area contributed by atoms with E-state index >= 15 is 0 Å². The van der Waals surface area contributed by atoms with Crippen LogP contribution in [0.5, 0.6) is 0 Å². The standard InChI is InChI=1S/C15H20BF3NO2/c1-15(2,3)22-14(21)20-9-11-6-7-12(16(17,18)19)8-13(11)10-4-5-10/h6-8,10H,4-5,9H2,1-3H3,(H,20,21)/q-1. The first-order valence-electron chi connectivity index (χ1n) is 7.36. The van der Waals surface area contributed by atoms with E-state index in [1.165, 1.54) is 12.1 Å². The van der Waals surface area contributed by atoms with E-state index in [9.17, 15) is 17.7 Å². The number of halogens is 3. The number of nitrogens with one attached hydrogen (secondary N) is 1.